The summed E-state index contributed by atoms with van der Waals surface area (Å²) < 4.78 is 0. The minimum Gasteiger partial charge on any atom is -0.332 e. The van der Waals surface area contributed by atoms with Gasteiger partial charge in [-0.15, -0.1) is 0 Å². The number of hydrogen-bond donors (Lipinski definition) is 2. The number of benzene rings is 2. The van der Waals surface area contributed by atoms with Gasteiger partial charge < -0.3 is 5.32 Å². The largest absolute Gasteiger partial charge is 0.332 e. The fraction of sp³-hybridized carbons (Fsp3) is 0.0667. The van der Waals surface area contributed by atoms with Gasteiger partial charge in [-0.3, -0.25) is 30.3 Å². The van der Waals surface area contributed by atoms with Gasteiger partial charge in [0, 0.05) is 22.8 Å². The molecule has 0 aromatic heterocycles. The number of carbonyl (C=O) groups excluding carboxylic acids is 1. The molecule has 1 amide bonds. The molecule has 0 bridgehead atoms. The molecule has 134 valence electrons. The van der Waals surface area contributed by atoms with Crippen molar-refractivity contribution in [2.24, 2.45) is 0 Å². The van der Waals surface area contributed by atoms with Gasteiger partial charge in [0.05, 0.1) is 21.5 Å². The van der Waals surface area contributed by atoms with E-state index >= 15 is 0 Å². The first-order valence-corrected chi connectivity index (χ1v) is 7.78. The third-order valence-electron chi connectivity index (χ3n) is 3.26. The lowest BCUT2D eigenvalue weighted by Gasteiger charge is -2.12. The van der Waals surface area contributed by atoms with Crippen LogP contribution < -0.4 is 10.6 Å². The first kappa shape index (κ1) is 19.2. The normalized spacial score (nSPS) is 10.1. The lowest BCUT2D eigenvalue weighted by molar-refractivity contribution is -0.394. The number of nitrogens with one attached hydrogen (secondary N) is 2. The number of nitrogens with zero attached hydrogens (tertiary/aromatic N) is 2. The summed E-state index contributed by atoms with van der Waals surface area (Å²) in [5.74, 6) is -0.825. The molecule has 2 N–H and O–H groups in total. The summed E-state index contributed by atoms with van der Waals surface area (Å²) in [6, 6.07) is 7.66. The van der Waals surface area contributed by atoms with Crippen LogP contribution in [-0.2, 0) is 0 Å². The third kappa shape index (κ3) is 4.71. The summed E-state index contributed by atoms with van der Waals surface area (Å²) in [5, 5.41) is 27.2. The molecule has 2 aromatic carbocycles. The van der Waals surface area contributed by atoms with Gasteiger partial charge in [-0.05, 0) is 36.8 Å². The number of halogens is 1. The summed E-state index contributed by atoms with van der Waals surface area (Å²) >= 11 is 10.9. The molecule has 0 spiro atoms. The average molecular weight is 395 g/mol. The molecule has 0 aliphatic carbocycles. The molecule has 0 unspecified atom stereocenters. The Labute approximate surface area is 157 Å². The van der Waals surface area contributed by atoms with Gasteiger partial charge in [-0.2, -0.15) is 0 Å². The second-order valence-electron chi connectivity index (χ2n) is 5.12. The number of hydrogen-bond acceptors (Lipinski definition) is 6. The topological polar surface area (TPSA) is 127 Å². The van der Waals surface area contributed by atoms with E-state index < -0.39 is 27.1 Å². The van der Waals surface area contributed by atoms with Crippen LogP contribution >= 0.6 is 23.8 Å². The standard InChI is InChI=1S/C15H11ClN4O5S/c1-8-2-3-10(16)6-13(8)17-15(26)18-14(21)9-4-11(19(22)23)7-12(5-9)20(24)25/h2-7H,1H3,(H2,17,18,21,26). The van der Waals surface area contributed by atoms with Crippen LogP contribution in [0.4, 0.5) is 17.1 Å². The van der Waals surface area contributed by atoms with Gasteiger partial charge >= 0.3 is 0 Å². The lowest BCUT2D eigenvalue weighted by Crippen LogP contribution is -2.34. The molecule has 0 radical (unpaired) electrons. The van der Waals surface area contributed by atoms with Gasteiger partial charge in [0.15, 0.2) is 5.11 Å². The van der Waals surface area contributed by atoms with Crippen LogP contribution in [0.1, 0.15) is 15.9 Å². The predicted octanol–water partition coefficient (Wildman–Crippen LogP) is 3.59. The summed E-state index contributed by atoms with van der Waals surface area (Å²) in [5.41, 5.74) is -0.0366. The molecular weight excluding hydrogens is 384 g/mol. The molecule has 0 saturated heterocycles. The summed E-state index contributed by atoms with van der Waals surface area (Å²) in [6.45, 7) is 1.80. The zero-order valence-corrected chi connectivity index (χ0v) is 14.8. The summed E-state index contributed by atoms with van der Waals surface area (Å²) in [7, 11) is 0. The van der Waals surface area contributed by atoms with Crippen LogP contribution in [0.2, 0.25) is 5.02 Å². The Morgan fingerprint density at radius 2 is 1.65 bits per heavy atom. The Morgan fingerprint density at radius 3 is 2.19 bits per heavy atom. The van der Waals surface area contributed by atoms with Crippen molar-refractivity contribution in [2.75, 3.05) is 5.32 Å². The Morgan fingerprint density at radius 1 is 1.08 bits per heavy atom. The molecular formula is C15H11ClN4O5S. The molecule has 26 heavy (non-hydrogen) atoms. The summed E-state index contributed by atoms with van der Waals surface area (Å²) in [6.07, 6.45) is 0. The molecule has 0 saturated carbocycles. The van der Waals surface area contributed by atoms with Crippen LogP contribution in [0, 0.1) is 27.2 Å². The van der Waals surface area contributed by atoms with Gasteiger partial charge in [-0.1, -0.05) is 17.7 Å². The highest BCUT2D eigenvalue weighted by Gasteiger charge is 2.20. The highest BCUT2D eigenvalue weighted by Crippen LogP contribution is 2.23. The van der Waals surface area contributed by atoms with E-state index in [2.05, 4.69) is 10.6 Å². The van der Waals surface area contributed by atoms with Crippen molar-refractivity contribution in [3.8, 4) is 0 Å². The van der Waals surface area contributed by atoms with Gasteiger partial charge in [0.2, 0.25) is 0 Å². The van der Waals surface area contributed by atoms with E-state index in [1.165, 1.54) is 0 Å². The van der Waals surface area contributed by atoms with Crippen molar-refractivity contribution in [3.05, 3.63) is 72.8 Å². The van der Waals surface area contributed by atoms with E-state index in [0.29, 0.717) is 10.7 Å². The van der Waals surface area contributed by atoms with Crippen molar-refractivity contribution in [3.63, 3.8) is 0 Å². The maximum atomic E-state index is 12.2. The first-order chi connectivity index (χ1) is 12.2. The van der Waals surface area contributed by atoms with Crippen molar-refractivity contribution in [1.82, 2.24) is 5.32 Å². The minimum absolute atomic E-state index is 0.0884. The number of thiocarbonyl (C=S) groups is 1. The fourth-order valence-corrected chi connectivity index (χ4v) is 2.37. The highest BCUT2D eigenvalue weighted by atomic mass is 35.5. The molecule has 0 fully saturated rings. The first-order valence-electron chi connectivity index (χ1n) is 6.99. The van der Waals surface area contributed by atoms with E-state index in [4.69, 9.17) is 23.8 Å². The maximum Gasteiger partial charge on any atom is 0.277 e. The monoisotopic (exact) mass is 394 g/mol. The highest BCUT2D eigenvalue weighted by molar-refractivity contribution is 7.80. The summed E-state index contributed by atoms with van der Waals surface area (Å²) in [4.78, 5) is 32.4. The number of nitro groups is 2. The molecule has 0 heterocycles. The van der Waals surface area contributed by atoms with Crippen LogP contribution in [0.5, 0.6) is 0 Å². The van der Waals surface area contributed by atoms with E-state index in [9.17, 15) is 25.0 Å². The molecule has 0 aliphatic heterocycles. The molecule has 11 heteroatoms. The number of aryl methyl sites for hydroxylation is 1. The van der Waals surface area contributed by atoms with Crippen molar-refractivity contribution >= 4 is 51.9 Å². The van der Waals surface area contributed by atoms with Crippen LogP contribution in [0.3, 0.4) is 0 Å². The smallest absolute Gasteiger partial charge is 0.277 e. The van der Waals surface area contributed by atoms with Gasteiger partial charge in [0.1, 0.15) is 0 Å². The van der Waals surface area contributed by atoms with Crippen molar-refractivity contribution in [2.45, 2.75) is 6.92 Å². The SMILES string of the molecule is Cc1ccc(Cl)cc1NC(=S)NC(=O)c1cc([N+](=O)[O-])cc([N+](=O)[O-])c1. The van der Waals surface area contributed by atoms with E-state index in [1.807, 2.05) is 0 Å². The van der Waals surface area contributed by atoms with Crippen LogP contribution in [0.25, 0.3) is 0 Å². The second kappa shape index (κ2) is 7.85. The predicted molar refractivity (Wildman–Crippen MR) is 99.6 cm³/mol. The molecule has 2 aromatic rings. The maximum absolute atomic E-state index is 12.2. The van der Waals surface area contributed by atoms with Crippen molar-refractivity contribution in [1.29, 1.82) is 0 Å². The minimum atomic E-state index is -0.825. The van der Waals surface area contributed by atoms with E-state index in [1.54, 1.807) is 25.1 Å². The Bertz CT molecular complexity index is 902. The second-order valence-corrected chi connectivity index (χ2v) is 5.96. The molecule has 2 rings (SSSR count). The van der Waals surface area contributed by atoms with Crippen molar-refractivity contribution < 1.29 is 14.6 Å². The Kier molecular flexibility index (Phi) is 5.80. The molecule has 9 nitrogen and oxygen atoms in total. The van der Waals surface area contributed by atoms with E-state index in [0.717, 1.165) is 23.8 Å². The Balaban J connectivity index is 2.21. The number of non-ortho nitro benzene ring substituents is 2. The van der Waals surface area contributed by atoms with Gasteiger partial charge in [0.25, 0.3) is 17.3 Å². The number of rotatable bonds is 4. The lowest BCUT2D eigenvalue weighted by atomic mass is 10.1. The van der Waals surface area contributed by atoms with E-state index in [-0.39, 0.29) is 10.7 Å². The van der Waals surface area contributed by atoms with Crippen LogP contribution in [-0.4, -0.2) is 20.9 Å². The number of carbonyl (C=O) groups is 1. The number of nitro benzene ring substituents is 2. The zero-order chi connectivity index (χ0) is 19.4. The van der Waals surface area contributed by atoms with Gasteiger partial charge in [-0.25, -0.2) is 0 Å². The molecule has 0 aliphatic rings. The number of anilines is 1. The average Bonchev–Trinajstić information content (AvgIpc) is 2.57. The van der Waals surface area contributed by atoms with Crippen LogP contribution in [0.15, 0.2) is 36.4 Å². The quantitative estimate of drug-likeness (QED) is 0.460. The molecule has 0 atom stereocenters. The Hall–Kier alpha value is -3.11. The number of amides is 1. The third-order valence-corrected chi connectivity index (χ3v) is 3.70. The zero-order valence-electron chi connectivity index (χ0n) is 13.2. The fourth-order valence-electron chi connectivity index (χ4n) is 1.99.